The number of sulfonamides is 1. The Labute approximate surface area is 300 Å². The number of fused-ring (bicyclic) bond motifs is 1. The molecule has 0 aliphatic carbocycles. The molecule has 6 rings (SSSR count). The molecule has 3 saturated heterocycles. The molecule has 0 spiro atoms. The fourth-order valence-corrected chi connectivity index (χ4v) is 8.15. The topological polar surface area (TPSA) is 133 Å². The van der Waals surface area contributed by atoms with Crippen LogP contribution in [0.1, 0.15) is 56.9 Å². The molecule has 3 fully saturated rings. The third-order valence-corrected chi connectivity index (χ3v) is 10.8. The molecule has 2 unspecified atom stereocenters. The molecule has 3 aromatic rings. The Bertz CT molecular complexity index is 1850. The van der Waals surface area contributed by atoms with E-state index in [0.29, 0.717) is 53.1 Å². The summed E-state index contributed by atoms with van der Waals surface area (Å²) in [6.07, 6.45) is -0.828. The van der Waals surface area contributed by atoms with E-state index in [4.69, 9.17) is 4.79 Å². The van der Waals surface area contributed by atoms with Crippen LogP contribution in [0, 0.1) is 31.5 Å². The van der Waals surface area contributed by atoms with Gasteiger partial charge in [0.05, 0.1) is 23.2 Å². The number of aldehydes is 1. The number of carbonyl (C=O) groups is 3. The number of nitrogens with zero attached hydrogens (tertiary/aromatic N) is 5. The fraction of sp³-hybridized carbons (Fsp3) is 0.472. The van der Waals surface area contributed by atoms with Gasteiger partial charge in [0.15, 0.2) is 0 Å². The number of amides is 2. The second kappa shape index (κ2) is 15.7. The first kappa shape index (κ1) is 38.8. The molecule has 2 aromatic carbocycles. The molecule has 280 valence electrons. The van der Waals surface area contributed by atoms with Gasteiger partial charge in [-0.05, 0) is 98.9 Å². The number of aromatic nitrogens is 2. The lowest BCUT2D eigenvalue weighted by atomic mass is 9.70. The number of halogens is 4. The summed E-state index contributed by atoms with van der Waals surface area (Å²) in [5, 5.41) is 0. The zero-order valence-electron chi connectivity index (χ0n) is 29.2. The van der Waals surface area contributed by atoms with Gasteiger partial charge in [0.2, 0.25) is 16.3 Å². The molecule has 1 aromatic heterocycles. The van der Waals surface area contributed by atoms with Crippen molar-refractivity contribution in [3.8, 4) is 0 Å². The summed E-state index contributed by atoms with van der Waals surface area (Å²) in [5.74, 6) is 0.491. The zero-order chi connectivity index (χ0) is 37.8. The molecule has 3 aliphatic rings. The quantitative estimate of drug-likeness (QED) is 0.261. The Morgan fingerprint density at radius 3 is 2.02 bits per heavy atom. The maximum atomic E-state index is 14.5. The van der Waals surface area contributed by atoms with Crippen LogP contribution >= 0.6 is 0 Å². The number of carbonyl (C=O) groups excluding carboxylic acids is 3. The number of hydrogen-bond donors (Lipinski definition) is 1. The van der Waals surface area contributed by atoms with Gasteiger partial charge in [0.25, 0.3) is 11.8 Å². The summed E-state index contributed by atoms with van der Waals surface area (Å²) in [7, 11) is -3.40. The van der Waals surface area contributed by atoms with Gasteiger partial charge in [-0.15, -0.1) is 0 Å². The van der Waals surface area contributed by atoms with Gasteiger partial charge in [0.1, 0.15) is 12.1 Å². The molecule has 4 heterocycles. The minimum atomic E-state index is -4.64. The Hall–Kier alpha value is -4.44. The molecule has 16 heteroatoms. The van der Waals surface area contributed by atoms with Crippen molar-refractivity contribution < 1.29 is 40.4 Å². The van der Waals surface area contributed by atoms with Crippen molar-refractivity contribution in [2.45, 2.75) is 44.7 Å². The number of benzene rings is 2. The van der Waals surface area contributed by atoms with Crippen LogP contribution in [0.5, 0.6) is 0 Å². The van der Waals surface area contributed by atoms with Gasteiger partial charge < -0.3 is 14.7 Å². The van der Waals surface area contributed by atoms with E-state index in [2.05, 4.69) is 19.6 Å². The predicted octanol–water partition coefficient (Wildman–Crippen LogP) is 4.62. The van der Waals surface area contributed by atoms with Crippen LogP contribution < -0.4 is 4.72 Å². The lowest BCUT2D eigenvalue weighted by molar-refractivity contribution is -0.156. The highest BCUT2D eigenvalue weighted by atomic mass is 32.2. The smallest absolute Gasteiger partial charge is 0.339 e. The molecular formula is C36H42F4N6O5S. The van der Waals surface area contributed by atoms with Crippen molar-refractivity contribution in [3.05, 3.63) is 88.8 Å². The van der Waals surface area contributed by atoms with Crippen LogP contribution in [0.15, 0.2) is 54.9 Å². The van der Waals surface area contributed by atoms with Crippen molar-refractivity contribution in [2.24, 2.45) is 11.8 Å². The van der Waals surface area contributed by atoms with Crippen molar-refractivity contribution in [1.29, 1.82) is 0 Å². The third kappa shape index (κ3) is 9.50. The molecule has 2 atom stereocenters. The molecule has 11 nitrogen and oxygen atoms in total. The van der Waals surface area contributed by atoms with Gasteiger partial charge >= 0.3 is 6.18 Å². The molecular weight excluding hydrogens is 704 g/mol. The summed E-state index contributed by atoms with van der Waals surface area (Å²) in [6.45, 7) is 8.97. The maximum Gasteiger partial charge on any atom is 0.446 e. The Morgan fingerprint density at radius 2 is 1.50 bits per heavy atom. The minimum absolute atomic E-state index is 0.0180. The first-order valence-electron chi connectivity index (χ1n) is 16.9. The van der Waals surface area contributed by atoms with Crippen molar-refractivity contribution >= 4 is 33.8 Å². The van der Waals surface area contributed by atoms with Crippen LogP contribution in [0.4, 0.5) is 23.2 Å². The molecule has 0 bridgehead atoms. The lowest BCUT2D eigenvalue weighted by Crippen LogP contribution is -2.46. The SMILES string of the molecule is Cc1ncnc(C)c1C(=O)N1CC2CN(CCC3(c4cccc(F)c4)CCN(C(=O)c4ccc(NS(C)(=O)=O)cc4)CC3)CC2C1.O=CC(F)(F)F. The van der Waals surface area contributed by atoms with E-state index < -0.39 is 22.5 Å². The normalized spacial score (nSPS) is 20.1. The van der Waals surface area contributed by atoms with E-state index in [1.165, 1.54) is 12.4 Å². The number of rotatable bonds is 8. The molecule has 0 radical (unpaired) electrons. The summed E-state index contributed by atoms with van der Waals surface area (Å²) < 4.78 is 71.2. The average molecular weight is 747 g/mol. The number of aryl methyl sites for hydroxylation is 2. The maximum absolute atomic E-state index is 14.5. The van der Waals surface area contributed by atoms with E-state index in [9.17, 15) is 35.6 Å². The predicted molar refractivity (Wildman–Crippen MR) is 186 cm³/mol. The number of nitrogens with one attached hydrogen (secondary N) is 1. The number of hydrogen-bond acceptors (Lipinski definition) is 8. The Balaban J connectivity index is 0.000000803. The molecule has 52 heavy (non-hydrogen) atoms. The van der Waals surface area contributed by atoms with Crippen LogP contribution in [0.2, 0.25) is 0 Å². The largest absolute Gasteiger partial charge is 0.446 e. The van der Waals surface area contributed by atoms with E-state index in [1.54, 1.807) is 36.4 Å². The van der Waals surface area contributed by atoms with Gasteiger partial charge in [-0.2, -0.15) is 13.2 Å². The monoisotopic (exact) mass is 746 g/mol. The minimum Gasteiger partial charge on any atom is -0.339 e. The highest BCUT2D eigenvalue weighted by Gasteiger charge is 2.44. The van der Waals surface area contributed by atoms with Gasteiger partial charge in [0, 0.05) is 50.5 Å². The average Bonchev–Trinajstić information content (AvgIpc) is 3.66. The molecule has 3 aliphatic heterocycles. The lowest BCUT2D eigenvalue weighted by Gasteiger charge is -2.43. The second-order valence-corrected chi connectivity index (χ2v) is 15.6. The highest BCUT2D eigenvalue weighted by Crippen LogP contribution is 2.41. The highest BCUT2D eigenvalue weighted by molar-refractivity contribution is 7.92. The van der Waals surface area contributed by atoms with Gasteiger partial charge in [-0.25, -0.2) is 22.8 Å². The van der Waals surface area contributed by atoms with Gasteiger partial charge in [-0.3, -0.25) is 19.1 Å². The fourth-order valence-electron chi connectivity index (χ4n) is 7.59. The molecule has 1 N–H and O–H groups in total. The van der Waals surface area contributed by atoms with Gasteiger partial charge in [-0.1, -0.05) is 12.1 Å². The van der Waals surface area contributed by atoms with Crippen LogP contribution in [0.25, 0.3) is 0 Å². The van der Waals surface area contributed by atoms with Crippen LogP contribution in [0.3, 0.4) is 0 Å². The second-order valence-electron chi connectivity index (χ2n) is 13.9. The number of likely N-dealkylation sites (tertiary alicyclic amines) is 3. The van der Waals surface area contributed by atoms with Crippen molar-refractivity contribution in [1.82, 2.24) is 24.7 Å². The molecule has 2 amide bonds. The summed E-state index contributed by atoms with van der Waals surface area (Å²) in [5.41, 5.74) is 3.66. The first-order valence-corrected chi connectivity index (χ1v) is 18.8. The number of anilines is 1. The van der Waals surface area contributed by atoms with Crippen molar-refractivity contribution in [3.63, 3.8) is 0 Å². The first-order chi connectivity index (χ1) is 24.5. The Morgan fingerprint density at radius 1 is 0.923 bits per heavy atom. The van der Waals surface area contributed by atoms with E-state index in [-0.39, 0.29) is 23.0 Å². The molecule has 0 saturated carbocycles. The van der Waals surface area contributed by atoms with Crippen LogP contribution in [-0.2, 0) is 20.2 Å². The number of piperidine rings is 1. The standard InChI is InChI=1S/C34H41FN6O4S.C2HF3O/c1-23-31(24(2)37-22-36-23)33(43)41-20-26-18-39(19-27(26)21-41)14-11-34(28-5-4-6-29(35)17-28)12-15-40(16-13-34)32(42)25-7-9-30(10-8-25)38-46(3,44)45;3-2(4,5)1-6/h4-10,17,22,26-27,38H,11-16,18-21H2,1-3H3;1H. The summed E-state index contributed by atoms with van der Waals surface area (Å²) >= 11 is 0. The van der Waals surface area contributed by atoms with Crippen molar-refractivity contribution in [2.75, 3.05) is 56.8 Å². The third-order valence-electron chi connectivity index (χ3n) is 10.2. The number of alkyl halides is 3. The van der Waals surface area contributed by atoms with E-state index >= 15 is 0 Å². The summed E-state index contributed by atoms with van der Waals surface area (Å²) in [4.78, 5) is 50.2. The van der Waals surface area contributed by atoms with E-state index in [0.717, 1.165) is 63.8 Å². The Kier molecular flexibility index (Phi) is 11.7. The summed E-state index contributed by atoms with van der Waals surface area (Å²) in [6, 6.07) is 13.3. The van der Waals surface area contributed by atoms with Crippen LogP contribution in [-0.4, -0.2) is 109 Å². The zero-order valence-corrected chi connectivity index (χ0v) is 30.0. The van der Waals surface area contributed by atoms with E-state index in [1.807, 2.05) is 29.7 Å².